The van der Waals surface area contributed by atoms with Crippen molar-refractivity contribution in [1.29, 1.82) is 0 Å². The lowest BCUT2D eigenvalue weighted by atomic mass is 10.0. The third kappa shape index (κ3) is 4.85. The quantitative estimate of drug-likeness (QED) is 0.778. The second kappa shape index (κ2) is 8.63. The SMILES string of the molecule is COC(C)(C)C(=O)N1CCC[C@@H](N(C)C(=O)NCc2cc3cc(Cl)ccc3[nH]2)C1. The van der Waals surface area contributed by atoms with Gasteiger partial charge >= 0.3 is 6.03 Å². The second-order valence-corrected chi connectivity index (χ2v) is 8.49. The Kier molecular flexibility index (Phi) is 6.39. The number of likely N-dealkylation sites (tertiary alicyclic amines) is 1. The zero-order valence-corrected chi connectivity index (χ0v) is 18.2. The van der Waals surface area contributed by atoms with Gasteiger partial charge in [0.25, 0.3) is 5.91 Å². The average Bonchev–Trinajstić information content (AvgIpc) is 3.12. The zero-order valence-electron chi connectivity index (χ0n) is 17.4. The number of halogens is 1. The predicted molar refractivity (Wildman–Crippen MR) is 114 cm³/mol. The molecule has 2 heterocycles. The molecule has 1 aliphatic rings. The Hall–Kier alpha value is -2.25. The first kappa shape index (κ1) is 21.5. The number of aromatic nitrogens is 1. The molecule has 1 atom stereocenters. The molecule has 0 bridgehead atoms. The standard InChI is InChI=1S/C21H29ClN4O3/c1-21(2,29-4)19(27)26-9-5-6-17(13-26)25(3)20(28)23-12-16-11-14-10-15(22)7-8-18(14)24-16/h7-8,10-11,17,24H,5-6,9,12-13H2,1-4H3,(H,23,28)/t17-/m1/s1. The summed E-state index contributed by atoms with van der Waals surface area (Å²) in [5.41, 5.74) is 1.03. The van der Waals surface area contributed by atoms with E-state index in [4.69, 9.17) is 16.3 Å². The van der Waals surface area contributed by atoms with Crippen molar-refractivity contribution in [3.63, 3.8) is 0 Å². The number of amides is 3. The molecule has 1 aromatic heterocycles. The number of H-pyrrole nitrogens is 1. The number of nitrogens with zero attached hydrogens (tertiary/aromatic N) is 2. The van der Waals surface area contributed by atoms with Crippen LogP contribution < -0.4 is 5.32 Å². The highest BCUT2D eigenvalue weighted by Crippen LogP contribution is 2.21. The number of benzene rings is 1. The molecule has 3 amide bonds. The average molecular weight is 421 g/mol. The highest BCUT2D eigenvalue weighted by molar-refractivity contribution is 6.31. The summed E-state index contributed by atoms with van der Waals surface area (Å²) in [6.45, 7) is 5.13. The van der Waals surface area contributed by atoms with Crippen LogP contribution in [-0.2, 0) is 16.1 Å². The maximum atomic E-state index is 12.7. The number of rotatable bonds is 5. The van der Waals surface area contributed by atoms with Crippen LogP contribution in [0.25, 0.3) is 10.9 Å². The number of fused-ring (bicyclic) bond motifs is 1. The molecular weight excluding hydrogens is 392 g/mol. The number of carbonyl (C=O) groups excluding carboxylic acids is 2. The van der Waals surface area contributed by atoms with Crippen LogP contribution in [0.15, 0.2) is 24.3 Å². The lowest BCUT2D eigenvalue weighted by Crippen LogP contribution is -2.56. The molecule has 2 N–H and O–H groups in total. The third-order valence-corrected chi connectivity index (χ3v) is 5.88. The van der Waals surface area contributed by atoms with E-state index in [-0.39, 0.29) is 18.0 Å². The van der Waals surface area contributed by atoms with Gasteiger partial charge in [0.15, 0.2) is 0 Å². The fourth-order valence-electron chi connectivity index (χ4n) is 3.64. The Bertz CT molecular complexity index is 895. The lowest BCUT2D eigenvalue weighted by molar-refractivity contribution is -0.152. The Morgan fingerprint density at radius 1 is 1.38 bits per heavy atom. The number of carbonyl (C=O) groups is 2. The Labute approximate surface area is 176 Å². The van der Waals surface area contributed by atoms with E-state index in [0.29, 0.717) is 24.7 Å². The fraction of sp³-hybridized carbons (Fsp3) is 0.524. The van der Waals surface area contributed by atoms with E-state index in [1.54, 1.807) is 30.7 Å². The largest absolute Gasteiger partial charge is 0.369 e. The summed E-state index contributed by atoms with van der Waals surface area (Å²) in [4.78, 5) is 32.1. The topological polar surface area (TPSA) is 77.7 Å². The minimum Gasteiger partial charge on any atom is -0.369 e. The predicted octanol–water partition coefficient (Wildman–Crippen LogP) is 3.38. The number of hydrogen-bond acceptors (Lipinski definition) is 3. The van der Waals surface area contributed by atoms with Crippen LogP contribution in [0.5, 0.6) is 0 Å². The number of urea groups is 1. The molecule has 8 heteroatoms. The Morgan fingerprint density at radius 3 is 2.86 bits per heavy atom. The number of nitrogens with one attached hydrogen (secondary N) is 2. The van der Waals surface area contributed by atoms with Gasteiger partial charge in [-0.15, -0.1) is 0 Å². The summed E-state index contributed by atoms with van der Waals surface area (Å²) in [6, 6.07) is 7.44. The highest BCUT2D eigenvalue weighted by Gasteiger charge is 2.36. The minimum atomic E-state index is -0.860. The van der Waals surface area contributed by atoms with Gasteiger partial charge in [0.2, 0.25) is 0 Å². The van der Waals surface area contributed by atoms with Crippen LogP contribution in [0.2, 0.25) is 5.02 Å². The smallest absolute Gasteiger partial charge is 0.317 e. The molecular formula is C21H29ClN4O3. The summed E-state index contributed by atoms with van der Waals surface area (Å²) in [5, 5.41) is 4.64. The molecule has 1 saturated heterocycles. The Morgan fingerprint density at radius 2 is 2.14 bits per heavy atom. The van der Waals surface area contributed by atoms with E-state index >= 15 is 0 Å². The minimum absolute atomic E-state index is 0.0260. The van der Waals surface area contributed by atoms with Crippen molar-refractivity contribution < 1.29 is 14.3 Å². The number of likely N-dealkylation sites (N-methyl/N-ethyl adjacent to an activating group) is 1. The van der Waals surface area contributed by atoms with Crippen molar-refractivity contribution in [2.45, 2.75) is 44.9 Å². The van der Waals surface area contributed by atoms with Gasteiger partial charge in [0, 0.05) is 48.9 Å². The van der Waals surface area contributed by atoms with Crippen molar-refractivity contribution in [3.05, 3.63) is 35.0 Å². The van der Waals surface area contributed by atoms with Gasteiger partial charge in [-0.1, -0.05) is 11.6 Å². The molecule has 1 aromatic carbocycles. The summed E-state index contributed by atoms with van der Waals surface area (Å²) < 4.78 is 5.32. The van der Waals surface area contributed by atoms with Crippen molar-refractivity contribution in [3.8, 4) is 0 Å². The van der Waals surface area contributed by atoms with E-state index in [1.165, 1.54) is 7.11 Å². The van der Waals surface area contributed by atoms with E-state index in [0.717, 1.165) is 29.4 Å². The summed E-state index contributed by atoms with van der Waals surface area (Å²) in [6.07, 6.45) is 1.72. The van der Waals surface area contributed by atoms with Gasteiger partial charge in [-0.2, -0.15) is 0 Å². The van der Waals surface area contributed by atoms with Crippen LogP contribution in [0.3, 0.4) is 0 Å². The van der Waals surface area contributed by atoms with Gasteiger partial charge in [-0.3, -0.25) is 4.79 Å². The molecule has 158 valence electrons. The first-order valence-corrected chi connectivity index (χ1v) is 10.2. The van der Waals surface area contributed by atoms with Crippen LogP contribution >= 0.6 is 11.6 Å². The maximum Gasteiger partial charge on any atom is 0.317 e. The first-order chi connectivity index (χ1) is 13.7. The van der Waals surface area contributed by atoms with E-state index in [2.05, 4.69) is 10.3 Å². The fourth-order valence-corrected chi connectivity index (χ4v) is 3.82. The van der Waals surface area contributed by atoms with Crippen molar-refractivity contribution in [1.82, 2.24) is 20.1 Å². The monoisotopic (exact) mass is 420 g/mol. The molecule has 0 saturated carbocycles. The van der Waals surface area contributed by atoms with Gasteiger partial charge in [-0.05, 0) is 51.0 Å². The van der Waals surface area contributed by atoms with Crippen LogP contribution in [0.4, 0.5) is 4.79 Å². The van der Waals surface area contributed by atoms with Crippen molar-refractivity contribution in [2.75, 3.05) is 27.2 Å². The molecule has 0 unspecified atom stereocenters. The molecule has 1 aliphatic heterocycles. The van der Waals surface area contributed by atoms with E-state index in [1.807, 2.05) is 24.3 Å². The lowest BCUT2D eigenvalue weighted by Gasteiger charge is -2.40. The Balaban J connectivity index is 1.58. The number of ether oxygens (including phenoxy) is 1. The number of hydrogen-bond donors (Lipinski definition) is 2. The van der Waals surface area contributed by atoms with Crippen LogP contribution in [0, 0.1) is 0 Å². The summed E-state index contributed by atoms with van der Waals surface area (Å²) >= 11 is 6.03. The molecule has 0 aliphatic carbocycles. The zero-order chi connectivity index (χ0) is 21.2. The van der Waals surface area contributed by atoms with Crippen LogP contribution in [0.1, 0.15) is 32.4 Å². The second-order valence-electron chi connectivity index (χ2n) is 8.06. The number of piperidine rings is 1. The van der Waals surface area contributed by atoms with Gasteiger partial charge in [0.05, 0.1) is 12.6 Å². The molecule has 29 heavy (non-hydrogen) atoms. The number of methoxy groups -OCH3 is 1. The molecule has 3 rings (SSSR count). The van der Waals surface area contributed by atoms with Gasteiger partial charge in [-0.25, -0.2) is 4.79 Å². The normalized spacial score (nSPS) is 17.4. The molecule has 0 spiro atoms. The third-order valence-electron chi connectivity index (χ3n) is 5.65. The van der Waals surface area contributed by atoms with Crippen LogP contribution in [-0.4, -0.2) is 65.6 Å². The summed E-state index contributed by atoms with van der Waals surface area (Å²) in [7, 11) is 3.32. The van der Waals surface area contributed by atoms with E-state index < -0.39 is 5.60 Å². The van der Waals surface area contributed by atoms with E-state index in [9.17, 15) is 9.59 Å². The molecule has 0 radical (unpaired) electrons. The maximum absolute atomic E-state index is 12.7. The highest BCUT2D eigenvalue weighted by atomic mass is 35.5. The number of aromatic amines is 1. The molecule has 7 nitrogen and oxygen atoms in total. The molecule has 1 fully saturated rings. The van der Waals surface area contributed by atoms with Gasteiger partial charge in [0.1, 0.15) is 5.60 Å². The van der Waals surface area contributed by atoms with Crippen molar-refractivity contribution in [2.24, 2.45) is 0 Å². The van der Waals surface area contributed by atoms with Gasteiger partial charge < -0.3 is 24.8 Å². The van der Waals surface area contributed by atoms with Crippen molar-refractivity contribution >= 4 is 34.4 Å². The first-order valence-electron chi connectivity index (χ1n) is 9.83. The summed E-state index contributed by atoms with van der Waals surface area (Å²) in [5.74, 6) is -0.0461. The molecule has 2 aromatic rings.